The van der Waals surface area contributed by atoms with Crippen molar-refractivity contribution in [1.29, 1.82) is 0 Å². The third-order valence-electron chi connectivity index (χ3n) is 2.68. The fourth-order valence-corrected chi connectivity index (χ4v) is 1.69. The van der Waals surface area contributed by atoms with Gasteiger partial charge >= 0.3 is 0 Å². The molecule has 16 heavy (non-hydrogen) atoms. The molecule has 0 aliphatic carbocycles. The zero-order chi connectivity index (χ0) is 11.4. The molecule has 5 nitrogen and oxygen atoms in total. The number of imidazole rings is 1. The van der Waals surface area contributed by atoms with Gasteiger partial charge in [0.15, 0.2) is 0 Å². The summed E-state index contributed by atoms with van der Waals surface area (Å²) in [5, 5.41) is 6.14. The first-order chi connectivity index (χ1) is 7.77. The van der Waals surface area contributed by atoms with Crippen LogP contribution in [0.25, 0.3) is 0 Å². The van der Waals surface area contributed by atoms with E-state index < -0.39 is 0 Å². The Balaban J connectivity index is 1.89. The first-order valence-corrected chi connectivity index (χ1v) is 5.40. The van der Waals surface area contributed by atoms with E-state index in [4.69, 9.17) is 0 Å². The number of aryl methyl sites for hydroxylation is 1. The largest absolute Gasteiger partial charge is 0.347 e. The molecule has 1 amide bonds. The standard InChI is InChI=1S/C11H16N4O/c1-15-8-13-7-10(15)11(16)14-6-9-2-4-12-5-3-9/h2,7-8,12H,3-6H2,1H3,(H,14,16). The van der Waals surface area contributed by atoms with Crippen molar-refractivity contribution in [2.75, 3.05) is 19.6 Å². The molecule has 0 fully saturated rings. The highest BCUT2D eigenvalue weighted by Crippen LogP contribution is 2.03. The van der Waals surface area contributed by atoms with Crippen molar-refractivity contribution in [2.45, 2.75) is 6.42 Å². The molecule has 0 aromatic carbocycles. The average Bonchev–Trinajstić information content (AvgIpc) is 2.74. The molecular formula is C11H16N4O. The van der Waals surface area contributed by atoms with E-state index in [0.717, 1.165) is 19.5 Å². The van der Waals surface area contributed by atoms with Crippen LogP contribution in [0.3, 0.4) is 0 Å². The molecule has 5 heteroatoms. The Hall–Kier alpha value is -1.62. The van der Waals surface area contributed by atoms with Gasteiger partial charge in [-0.3, -0.25) is 4.79 Å². The van der Waals surface area contributed by atoms with E-state index in [1.165, 1.54) is 5.57 Å². The predicted molar refractivity (Wildman–Crippen MR) is 61.1 cm³/mol. The van der Waals surface area contributed by atoms with Gasteiger partial charge in [-0.25, -0.2) is 4.98 Å². The third kappa shape index (κ3) is 2.49. The fraction of sp³-hybridized carbons (Fsp3) is 0.455. The minimum Gasteiger partial charge on any atom is -0.347 e. The average molecular weight is 220 g/mol. The molecule has 1 aliphatic rings. The monoisotopic (exact) mass is 220 g/mol. The molecular weight excluding hydrogens is 204 g/mol. The highest BCUT2D eigenvalue weighted by molar-refractivity contribution is 5.92. The van der Waals surface area contributed by atoms with Crippen LogP contribution < -0.4 is 10.6 Å². The number of nitrogens with one attached hydrogen (secondary N) is 2. The van der Waals surface area contributed by atoms with Gasteiger partial charge in [0.2, 0.25) is 0 Å². The van der Waals surface area contributed by atoms with E-state index in [9.17, 15) is 4.79 Å². The summed E-state index contributed by atoms with van der Waals surface area (Å²) >= 11 is 0. The number of hydrogen-bond donors (Lipinski definition) is 2. The first-order valence-electron chi connectivity index (χ1n) is 5.40. The molecule has 2 heterocycles. The van der Waals surface area contributed by atoms with E-state index in [2.05, 4.69) is 21.7 Å². The van der Waals surface area contributed by atoms with Gasteiger partial charge in [-0.05, 0) is 13.0 Å². The minimum absolute atomic E-state index is 0.0700. The van der Waals surface area contributed by atoms with Gasteiger partial charge in [0.05, 0.1) is 12.5 Å². The van der Waals surface area contributed by atoms with Crippen LogP contribution in [0.1, 0.15) is 16.9 Å². The van der Waals surface area contributed by atoms with Crippen LogP contribution >= 0.6 is 0 Å². The Labute approximate surface area is 94.6 Å². The van der Waals surface area contributed by atoms with Crippen LogP contribution in [0, 0.1) is 0 Å². The molecule has 0 bridgehead atoms. The number of nitrogens with zero attached hydrogens (tertiary/aromatic N) is 2. The van der Waals surface area contributed by atoms with Crippen LogP contribution in [0.4, 0.5) is 0 Å². The molecule has 0 radical (unpaired) electrons. The molecule has 0 atom stereocenters. The molecule has 1 aromatic heterocycles. The van der Waals surface area contributed by atoms with Crippen LogP contribution in [0.2, 0.25) is 0 Å². The Bertz CT molecular complexity index is 408. The predicted octanol–water partition coefficient (Wildman–Crippen LogP) is 0.0696. The van der Waals surface area contributed by atoms with E-state index in [1.807, 2.05) is 7.05 Å². The van der Waals surface area contributed by atoms with Gasteiger partial charge in [0, 0.05) is 20.1 Å². The van der Waals surface area contributed by atoms with E-state index in [-0.39, 0.29) is 5.91 Å². The smallest absolute Gasteiger partial charge is 0.269 e. The Morgan fingerprint density at radius 3 is 3.19 bits per heavy atom. The topological polar surface area (TPSA) is 59.0 Å². The summed E-state index contributed by atoms with van der Waals surface area (Å²) in [6.45, 7) is 2.52. The normalized spacial score (nSPS) is 15.7. The second-order valence-corrected chi connectivity index (χ2v) is 3.89. The van der Waals surface area contributed by atoms with E-state index in [0.29, 0.717) is 12.2 Å². The lowest BCUT2D eigenvalue weighted by molar-refractivity contribution is 0.0948. The summed E-state index contributed by atoms with van der Waals surface area (Å²) < 4.78 is 1.71. The molecule has 0 spiro atoms. The lowest BCUT2D eigenvalue weighted by atomic mass is 10.1. The summed E-state index contributed by atoms with van der Waals surface area (Å²) in [6.07, 6.45) is 6.34. The van der Waals surface area contributed by atoms with Crippen molar-refractivity contribution in [1.82, 2.24) is 20.2 Å². The van der Waals surface area contributed by atoms with Gasteiger partial charge in [0.25, 0.3) is 5.91 Å². The third-order valence-corrected chi connectivity index (χ3v) is 2.68. The van der Waals surface area contributed by atoms with Crippen molar-refractivity contribution in [2.24, 2.45) is 7.05 Å². The quantitative estimate of drug-likeness (QED) is 0.709. The number of carbonyl (C=O) groups excluding carboxylic acids is 1. The van der Waals surface area contributed by atoms with Crippen molar-refractivity contribution >= 4 is 5.91 Å². The molecule has 0 saturated heterocycles. The van der Waals surface area contributed by atoms with Gasteiger partial charge < -0.3 is 15.2 Å². The van der Waals surface area contributed by atoms with Crippen molar-refractivity contribution < 1.29 is 4.79 Å². The van der Waals surface area contributed by atoms with Crippen molar-refractivity contribution in [3.05, 3.63) is 29.9 Å². The Morgan fingerprint density at radius 2 is 2.56 bits per heavy atom. The van der Waals surface area contributed by atoms with Gasteiger partial charge in [-0.2, -0.15) is 0 Å². The lowest BCUT2D eigenvalue weighted by Gasteiger charge is -2.14. The minimum atomic E-state index is -0.0700. The summed E-state index contributed by atoms with van der Waals surface area (Å²) in [6, 6.07) is 0. The molecule has 0 saturated carbocycles. The molecule has 1 aliphatic heterocycles. The molecule has 2 rings (SSSR count). The van der Waals surface area contributed by atoms with E-state index in [1.54, 1.807) is 17.1 Å². The second kappa shape index (κ2) is 4.94. The van der Waals surface area contributed by atoms with Crippen LogP contribution in [-0.4, -0.2) is 35.1 Å². The van der Waals surface area contributed by atoms with Gasteiger partial charge in [0.1, 0.15) is 5.69 Å². The summed E-state index contributed by atoms with van der Waals surface area (Å²) in [5.74, 6) is -0.0700. The maximum absolute atomic E-state index is 11.8. The molecule has 0 unspecified atom stereocenters. The summed E-state index contributed by atoms with van der Waals surface area (Å²) in [7, 11) is 1.81. The van der Waals surface area contributed by atoms with Crippen LogP contribution in [0.15, 0.2) is 24.2 Å². The fourth-order valence-electron chi connectivity index (χ4n) is 1.69. The number of rotatable bonds is 3. The summed E-state index contributed by atoms with van der Waals surface area (Å²) in [4.78, 5) is 15.7. The zero-order valence-corrected chi connectivity index (χ0v) is 9.36. The SMILES string of the molecule is Cn1cncc1C(=O)NCC1=CCNCC1. The maximum atomic E-state index is 11.8. The van der Waals surface area contributed by atoms with Gasteiger partial charge in [-0.15, -0.1) is 0 Å². The summed E-state index contributed by atoms with van der Waals surface area (Å²) in [5.41, 5.74) is 1.88. The second-order valence-electron chi connectivity index (χ2n) is 3.89. The van der Waals surface area contributed by atoms with Crippen LogP contribution in [0.5, 0.6) is 0 Å². The number of carbonyl (C=O) groups is 1. The Morgan fingerprint density at radius 1 is 1.69 bits per heavy atom. The molecule has 86 valence electrons. The Kier molecular flexibility index (Phi) is 3.36. The number of aromatic nitrogens is 2. The van der Waals surface area contributed by atoms with Crippen LogP contribution in [-0.2, 0) is 7.05 Å². The van der Waals surface area contributed by atoms with Crippen molar-refractivity contribution in [3.63, 3.8) is 0 Å². The highest BCUT2D eigenvalue weighted by atomic mass is 16.1. The first kappa shape index (κ1) is 10.9. The molecule has 1 aromatic rings. The molecule has 2 N–H and O–H groups in total. The van der Waals surface area contributed by atoms with Crippen molar-refractivity contribution in [3.8, 4) is 0 Å². The van der Waals surface area contributed by atoms with E-state index >= 15 is 0 Å². The lowest BCUT2D eigenvalue weighted by Crippen LogP contribution is -2.30. The highest BCUT2D eigenvalue weighted by Gasteiger charge is 2.10. The maximum Gasteiger partial charge on any atom is 0.269 e. The number of amides is 1. The zero-order valence-electron chi connectivity index (χ0n) is 9.36. The van der Waals surface area contributed by atoms with Gasteiger partial charge in [-0.1, -0.05) is 11.6 Å². The number of hydrogen-bond acceptors (Lipinski definition) is 3.